The van der Waals surface area contributed by atoms with E-state index in [1.165, 1.54) is 48.7 Å². The lowest BCUT2D eigenvalue weighted by Gasteiger charge is -2.40. The van der Waals surface area contributed by atoms with Crippen molar-refractivity contribution in [1.82, 2.24) is 9.21 Å². The molecule has 184 valence electrons. The molecule has 0 spiro atoms. The van der Waals surface area contributed by atoms with E-state index >= 15 is 0 Å². The van der Waals surface area contributed by atoms with Gasteiger partial charge in [-0.2, -0.15) is 4.31 Å². The Labute approximate surface area is 198 Å². The lowest BCUT2D eigenvalue weighted by Crippen LogP contribution is -2.56. The second kappa shape index (κ2) is 10.8. The first-order valence-electron chi connectivity index (χ1n) is 10.6. The highest BCUT2D eigenvalue weighted by Gasteiger charge is 2.35. The molecule has 1 aliphatic rings. The number of nitro groups is 1. The fraction of sp³-hybridized carbons (Fsp3) is 0.409. The van der Waals surface area contributed by atoms with E-state index in [9.17, 15) is 23.3 Å². The summed E-state index contributed by atoms with van der Waals surface area (Å²) >= 11 is 0. The SMILES string of the molecule is COc1ccc(S(=O)(=O)N2CCN(C(Oc3cccc([N+](=O)[O-])c3)C(C)OC(C)=O)CC2)cc1. The Hall–Kier alpha value is -3.22. The van der Waals surface area contributed by atoms with E-state index in [1.54, 1.807) is 25.1 Å². The molecular weight excluding hydrogens is 466 g/mol. The van der Waals surface area contributed by atoms with Crippen LogP contribution in [0.25, 0.3) is 0 Å². The number of esters is 1. The molecule has 2 unspecified atom stereocenters. The van der Waals surface area contributed by atoms with E-state index in [-0.39, 0.29) is 29.4 Å². The average Bonchev–Trinajstić information content (AvgIpc) is 2.82. The predicted octanol–water partition coefficient (Wildman–Crippen LogP) is 2.27. The molecule has 0 bridgehead atoms. The third-order valence-electron chi connectivity index (χ3n) is 5.37. The van der Waals surface area contributed by atoms with Crippen molar-refractivity contribution in [3.05, 3.63) is 58.6 Å². The van der Waals surface area contributed by atoms with Crippen molar-refractivity contribution in [2.75, 3.05) is 33.3 Å². The number of methoxy groups -OCH3 is 1. The number of carbonyl (C=O) groups excluding carboxylic acids is 1. The number of hydrogen-bond acceptors (Lipinski definition) is 9. The molecule has 0 radical (unpaired) electrons. The third kappa shape index (κ3) is 6.01. The van der Waals surface area contributed by atoms with Crippen LogP contribution in [-0.4, -0.2) is 74.1 Å². The number of non-ortho nitro benzene ring substituents is 1. The number of ether oxygens (including phenoxy) is 3. The van der Waals surface area contributed by atoms with Gasteiger partial charge in [0.2, 0.25) is 10.0 Å². The second-order valence-electron chi connectivity index (χ2n) is 7.69. The molecule has 0 amide bonds. The zero-order valence-corrected chi connectivity index (χ0v) is 19.9. The summed E-state index contributed by atoms with van der Waals surface area (Å²) < 4.78 is 43.9. The Kier molecular flexibility index (Phi) is 8.07. The van der Waals surface area contributed by atoms with Gasteiger partial charge in [-0.3, -0.25) is 19.8 Å². The maximum Gasteiger partial charge on any atom is 0.303 e. The van der Waals surface area contributed by atoms with Crippen LogP contribution in [0.1, 0.15) is 13.8 Å². The van der Waals surface area contributed by atoms with Crippen LogP contribution >= 0.6 is 0 Å². The summed E-state index contributed by atoms with van der Waals surface area (Å²) in [6.45, 7) is 3.93. The number of benzene rings is 2. The summed E-state index contributed by atoms with van der Waals surface area (Å²) in [7, 11) is -2.19. The highest BCUT2D eigenvalue weighted by Crippen LogP contribution is 2.25. The Balaban J connectivity index is 1.75. The fourth-order valence-electron chi connectivity index (χ4n) is 3.69. The smallest absolute Gasteiger partial charge is 0.303 e. The Morgan fingerprint density at radius 1 is 1.06 bits per heavy atom. The largest absolute Gasteiger partial charge is 0.497 e. The molecule has 2 aromatic carbocycles. The summed E-state index contributed by atoms with van der Waals surface area (Å²) in [4.78, 5) is 24.1. The van der Waals surface area contributed by atoms with Crippen LogP contribution in [0.5, 0.6) is 11.5 Å². The summed E-state index contributed by atoms with van der Waals surface area (Å²) in [6, 6.07) is 11.9. The van der Waals surface area contributed by atoms with Gasteiger partial charge in [-0.05, 0) is 37.3 Å². The molecule has 2 aromatic rings. The summed E-state index contributed by atoms with van der Waals surface area (Å²) in [5, 5.41) is 11.1. The Morgan fingerprint density at radius 3 is 2.26 bits per heavy atom. The number of piperazine rings is 1. The van der Waals surface area contributed by atoms with Crippen LogP contribution in [0.15, 0.2) is 53.4 Å². The number of nitro benzene ring substituents is 1. The van der Waals surface area contributed by atoms with Gasteiger partial charge in [0, 0.05) is 39.2 Å². The highest BCUT2D eigenvalue weighted by atomic mass is 32.2. The number of nitrogens with zero attached hydrogens (tertiary/aromatic N) is 3. The molecular formula is C22H27N3O8S. The van der Waals surface area contributed by atoms with Crippen molar-refractivity contribution in [2.45, 2.75) is 31.1 Å². The third-order valence-corrected chi connectivity index (χ3v) is 7.28. The average molecular weight is 494 g/mol. The number of rotatable bonds is 9. The molecule has 0 aliphatic carbocycles. The van der Waals surface area contributed by atoms with E-state index in [2.05, 4.69) is 0 Å². The lowest BCUT2D eigenvalue weighted by molar-refractivity contribution is -0.385. The zero-order valence-electron chi connectivity index (χ0n) is 19.1. The Bertz CT molecular complexity index is 1120. The molecule has 1 heterocycles. The molecule has 34 heavy (non-hydrogen) atoms. The quantitative estimate of drug-likeness (QED) is 0.293. The number of sulfonamides is 1. The summed E-state index contributed by atoms with van der Waals surface area (Å²) in [5.74, 6) is 0.303. The summed E-state index contributed by atoms with van der Waals surface area (Å²) in [6.07, 6.45) is -1.47. The van der Waals surface area contributed by atoms with Gasteiger partial charge in [-0.15, -0.1) is 0 Å². The molecule has 0 aromatic heterocycles. The van der Waals surface area contributed by atoms with Gasteiger partial charge >= 0.3 is 5.97 Å². The normalized spacial score (nSPS) is 16.9. The summed E-state index contributed by atoms with van der Waals surface area (Å²) in [5.41, 5.74) is -0.133. The minimum atomic E-state index is -3.70. The van der Waals surface area contributed by atoms with Crippen LogP contribution in [-0.2, 0) is 19.6 Å². The van der Waals surface area contributed by atoms with Crippen LogP contribution in [0.3, 0.4) is 0 Å². The molecule has 12 heteroatoms. The van der Waals surface area contributed by atoms with E-state index in [0.29, 0.717) is 18.8 Å². The van der Waals surface area contributed by atoms with E-state index in [4.69, 9.17) is 14.2 Å². The van der Waals surface area contributed by atoms with Crippen molar-refractivity contribution >= 4 is 21.7 Å². The van der Waals surface area contributed by atoms with Gasteiger partial charge in [-0.1, -0.05) is 6.07 Å². The van der Waals surface area contributed by atoms with Gasteiger partial charge in [0.25, 0.3) is 5.69 Å². The van der Waals surface area contributed by atoms with Crippen molar-refractivity contribution in [3.63, 3.8) is 0 Å². The molecule has 11 nitrogen and oxygen atoms in total. The predicted molar refractivity (Wildman–Crippen MR) is 122 cm³/mol. The first-order chi connectivity index (χ1) is 16.1. The molecule has 2 atom stereocenters. The van der Waals surface area contributed by atoms with Crippen LogP contribution in [0.4, 0.5) is 5.69 Å². The molecule has 1 aliphatic heterocycles. The standard InChI is InChI=1S/C22H27N3O8S/c1-16(32-17(2)26)22(33-20-6-4-5-18(15-20)25(27)28)23-11-13-24(14-12-23)34(29,30)21-9-7-19(31-3)8-10-21/h4-10,15-16,22H,11-14H2,1-3H3. The van der Waals surface area contributed by atoms with Crippen LogP contribution < -0.4 is 9.47 Å². The minimum absolute atomic E-state index is 0.133. The maximum absolute atomic E-state index is 13.0. The molecule has 0 N–H and O–H groups in total. The molecule has 1 saturated heterocycles. The van der Waals surface area contributed by atoms with Gasteiger partial charge in [-0.25, -0.2) is 8.42 Å². The fourth-order valence-corrected chi connectivity index (χ4v) is 5.11. The Morgan fingerprint density at radius 2 is 1.71 bits per heavy atom. The number of hydrogen-bond donors (Lipinski definition) is 0. The van der Waals surface area contributed by atoms with Crippen LogP contribution in [0, 0.1) is 10.1 Å². The van der Waals surface area contributed by atoms with Crippen molar-refractivity contribution < 1.29 is 32.3 Å². The molecule has 3 rings (SSSR count). The zero-order chi connectivity index (χ0) is 24.9. The minimum Gasteiger partial charge on any atom is -0.497 e. The first-order valence-corrected chi connectivity index (χ1v) is 12.0. The second-order valence-corrected chi connectivity index (χ2v) is 9.63. The van der Waals surface area contributed by atoms with Crippen molar-refractivity contribution in [2.24, 2.45) is 0 Å². The molecule has 0 saturated carbocycles. The monoisotopic (exact) mass is 493 g/mol. The van der Waals surface area contributed by atoms with E-state index < -0.39 is 33.2 Å². The van der Waals surface area contributed by atoms with Crippen molar-refractivity contribution in [1.29, 1.82) is 0 Å². The van der Waals surface area contributed by atoms with Gasteiger partial charge in [0.15, 0.2) is 6.23 Å². The lowest BCUT2D eigenvalue weighted by atomic mass is 10.2. The van der Waals surface area contributed by atoms with Crippen molar-refractivity contribution in [3.8, 4) is 11.5 Å². The van der Waals surface area contributed by atoms with Gasteiger partial charge in [0.05, 0.1) is 23.0 Å². The van der Waals surface area contributed by atoms with Gasteiger partial charge in [0.1, 0.15) is 17.6 Å². The van der Waals surface area contributed by atoms with Crippen LogP contribution in [0.2, 0.25) is 0 Å². The van der Waals surface area contributed by atoms with E-state index in [1.807, 2.05) is 4.90 Å². The van der Waals surface area contributed by atoms with E-state index in [0.717, 1.165) is 0 Å². The maximum atomic E-state index is 13.0. The molecule has 1 fully saturated rings. The topological polar surface area (TPSA) is 129 Å². The highest BCUT2D eigenvalue weighted by molar-refractivity contribution is 7.89. The van der Waals surface area contributed by atoms with Gasteiger partial charge < -0.3 is 14.2 Å². The number of carbonyl (C=O) groups is 1. The first kappa shape index (κ1) is 25.4.